The number of benzene rings is 1. The monoisotopic (exact) mass is 222 g/mol. The SMILES string of the molecule is CC.CC(C)C(=O)c1cccc(OC=O)c1. The van der Waals surface area contributed by atoms with Crippen LogP contribution in [0.3, 0.4) is 0 Å². The van der Waals surface area contributed by atoms with Crippen LogP contribution in [0.15, 0.2) is 24.3 Å². The topological polar surface area (TPSA) is 43.4 Å². The van der Waals surface area contributed by atoms with E-state index in [0.717, 1.165) is 0 Å². The highest BCUT2D eigenvalue weighted by atomic mass is 16.5. The molecule has 3 nitrogen and oxygen atoms in total. The maximum atomic E-state index is 11.6. The fourth-order valence-corrected chi connectivity index (χ4v) is 1.11. The normalized spacial score (nSPS) is 9.06. The molecule has 16 heavy (non-hydrogen) atoms. The van der Waals surface area contributed by atoms with Crippen molar-refractivity contribution in [2.75, 3.05) is 0 Å². The average molecular weight is 222 g/mol. The summed E-state index contributed by atoms with van der Waals surface area (Å²) in [6, 6.07) is 6.59. The lowest BCUT2D eigenvalue weighted by Gasteiger charge is -2.04. The Morgan fingerprint density at radius 3 is 2.44 bits per heavy atom. The molecular weight excluding hydrogens is 204 g/mol. The zero-order valence-electron chi connectivity index (χ0n) is 10.2. The molecule has 0 bridgehead atoms. The molecule has 1 rings (SSSR count). The minimum Gasteiger partial charge on any atom is -0.429 e. The third kappa shape index (κ3) is 4.26. The van der Waals surface area contributed by atoms with Crippen molar-refractivity contribution in [2.45, 2.75) is 27.7 Å². The first-order valence-corrected chi connectivity index (χ1v) is 5.39. The number of ether oxygens (including phenoxy) is 1. The van der Waals surface area contributed by atoms with Crippen molar-refractivity contribution in [2.24, 2.45) is 5.92 Å². The van der Waals surface area contributed by atoms with Crippen LogP contribution in [0.2, 0.25) is 0 Å². The molecule has 0 unspecified atom stereocenters. The van der Waals surface area contributed by atoms with Gasteiger partial charge in [-0.3, -0.25) is 9.59 Å². The molecule has 1 aromatic carbocycles. The summed E-state index contributed by atoms with van der Waals surface area (Å²) in [5, 5.41) is 0. The van der Waals surface area contributed by atoms with Gasteiger partial charge in [0.05, 0.1) is 0 Å². The lowest BCUT2D eigenvalue weighted by Crippen LogP contribution is -2.07. The van der Waals surface area contributed by atoms with Gasteiger partial charge in [0, 0.05) is 11.5 Å². The lowest BCUT2D eigenvalue weighted by molar-refractivity contribution is -0.120. The zero-order valence-corrected chi connectivity index (χ0v) is 10.2. The molecule has 88 valence electrons. The van der Waals surface area contributed by atoms with Gasteiger partial charge in [-0.1, -0.05) is 39.8 Å². The molecule has 0 heterocycles. The van der Waals surface area contributed by atoms with Gasteiger partial charge in [-0.25, -0.2) is 0 Å². The molecule has 0 aliphatic heterocycles. The summed E-state index contributed by atoms with van der Waals surface area (Å²) in [6.45, 7) is 8.00. The van der Waals surface area contributed by atoms with Crippen LogP contribution in [0.25, 0.3) is 0 Å². The number of carbonyl (C=O) groups is 2. The summed E-state index contributed by atoms with van der Waals surface area (Å²) in [5.41, 5.74) is 0.569. The number of carbonyl (C=O) groups excluding carboxylic acids is 2. The van der Waals surface area contributed by atoms with Crippen molar-refractivity contribution in [1.29, 1.82) is 0 Å². The first kappa shape index (κ1) is 14.4. The Labute approximate surface area is 96.4 Å². The molecule has 0 saturated heterocycles. The van der Waals surface area contributed by atoms with Crippen LogP contribution in [0.1, 0.15) is 38.1 Å². The minimum absolute atomic E-state index is 0.0429. The van der Waals surface area contributed by atoms with Gasteiger partial charge in [-0.2, -0.15) is 0 Å². The third-order valence-corrected chi connectivity index (χ3v) is 1.83. The van der Waals surface area contributed by atoms with E-state index in [-0.39, 0.29) is 11.7 Å². The molecule has 1 aromatic rings. The quantitative estimate of drug-likeness (QED) is 0.580. The van der Waals surface area contributed by atoms with E-state index < -0.39 is 0 Å². The van der Waals surface area contributed by atoms with Gasteiger partial charge in [0.2, 0.25) is 0 Å². The summed E-state index contributed by atoms with van der Waals surface area (Å²) >= 11 is 0. The van der Waals surface area contributed by atoms with Gasteiger partial charge >= 0.3 is 0 Å². The van der Waals surface area contributed by atoms with Gasteiger partial charge in [-0.05, 0) is 12.1 Å². The predicted octanol–water partition coefficient (Wildman–Crippen LogP) is 3.09. The van der Waals surface area contributed by atoms with Crippen molar-refractivity contribution >= 4 is 12.3 Å². The first-order chi connectivity index (χ1) is 7.65. The van der Waals surface area contributed by atoms with Gasteiger partial charge in [0.1, 0.15) is 5.75 Å². The smallest absolute Gasteiger partial charge is 0.298 e. The second-order valence-electron chi connectivity index (χ2n) is 3.26. The van der Waals surface area contributed by atoms with Crippen molar-refractivity contribution in [3.05, 3.63) is 29.8 Å². The number of hydrogen-bond acceptors (Lipinski definition) is 3. The fourth-order valence-electron chi connectivity index (χ4n) is 1.11. The van der Waals surface area contributed by atoms with Crippen LogP contribution in [-0.4, -0.2) is 12.3 Å². The molecule has 0 fully saturated rings. The largest absolute Gasteiger partial charge is 0.429 e. The van der Waals surface area contributed by atoms with Gasteiger partial charge < -0.3 is 4.74 Å². The van der Waals surface area contributed by atoms with E-state index in [0.29, 0.717) is 17.8 Å². The van der Waals surface area contributed by atoms with Crippen molar-refractivity contribution in [3.8, 4) is 5.75 Å². The molecular formula is C13H18O3. The predicted molar refractivity (Wildman–Crippen MR) is 63.7 cm³/mol. The number of ketones is 1. The van der Waals surface area contributed by atoms with Gasteiger partial charge in [-0.15, -0.1) is 0 Å². The maximum absolute atomic E-state index is 11.6. The first-order valence-electron chi connectivity index (χ1n) is 5.39. The average Bonchev–Trinajstić information content (AvgIpc) is 2.31. The molecule has 0 aromatic heterocycles. The standard InChI is InChI=1S/C11H12O3.C2H6/c1-8(2)11(13)9-4-3-5-10(6-9)14-7-12;1-2/h3-8H,1-2H3;1-2H3. The van der Waals surface area contributed by atoms with E-state index in [1.165, 1.54) is 0 Å². The molecule has 0 spiro atoms. The second kappa shape index (κ2) is 7.63. The van der Waals surface area contributed by atoms with Crippen LogP contribution in [0.4, 0.5) is 0 Å². The van der Waals surface area contributed by atoms with Crippen LogP contribution in [-0.2, 0) is 4.79 Å². The Bertz CT molecular complexity index is 343. The van der Waals surface area contributed by atoms with Gasteiger partial charge in [0.15, 0.2) is 5.78 Å². The highest BCUT2D eigenvalue weighted by molar-refractivity contribution is 5.97. The summed E-state index contributed by atoms with van der Waals surface area (Å²) in [4.78, 5) is 21.6. The minimum atomic E-state index is -0.0542. The van der Waals surface area contributed by atoms with Gasteiger partial charge in [0.25, 0.3) is 6.47 Å². The van der Waals surface area contributed by atoms with E-state index >= 15 is 0 Å². The summed E-state index contributed by atoms with van der Waals surface area (Å²) in [5.74, 6) is 0.384. The van der Waals surface area contributed by atoms with Crippen LogP contribution >= 0.6 is 0 Å². The van der Waals surface area contributed by atoms with Crippen LogP contribution < -0.4 is 4.74 Å². The van der Waals surface area contributed by atoms with E-state index in [9.17, 15) is 9.59 Å². The van der Waals surface area contributed by atoms with E-state index in [1.807, 2.05) is 27.7 Å². The van der Waals surface area contributed by atoms with Crippen LogP contribution in [0, 0.1) is 5.92 Å². The highest BCUT2D eigenvalue weighted by Crippen LogP contribution is 2.15. The molecule has 3 heteroatoms. The summed E-state index contributed by atoms with van der Waals surface area (Å²) in [6.07, 6.45) is 0. The Hall–Kier alpha value is -1.64. The molecule has 0 aliphatic rings. The molecule has 0 amide bonds. The Morgan fingerprint density at radius 1 is 1.31 bits per heavy atom. The fraction of sp³-hybridized carbons (Fsp3) is 0.385. The Kier molecular flexibility index (Phi) is 6.84. The summed E-state index contributed by atoms with van der Waals surface area (Å²) in [7, 11) is 0. The Morgan fingerprint density at radius 2 is 1.94 bits per heavy atom. The Balaban J connectivity index is 0.00000106. The summed E-state index contributed by atoms with van der Waals surface area (Å²) < 4.78 is 4.64. The van der Waals surface area contributed by atoms with E-state index in [2.05, 4.69) is 4.74 Å². The zero-order chi connectivity index (χ0) is 12.6. The molecule has 0 atom stereocenters. The molecule has 0 N–H and O–H groups in total. The highest BCUT2D eigenvalue weighted by Gasteiger charge is 2.10. The lowest BCUT2D eigenvalue weighted by atomic mass is 10.0. The number of Topliss-reactive ketones (excluding diaryl/α,β-unsaturated/α-hetero) is 1. The van der Waals surface area contributed by atoms with E-state index in [1.54, 1.807) is 24.3 Å². The second-order valence-corrected chi connectivity index (χ2v) is 3.26. The molecule has 0 saturated carbocycles. The molecule has 0 aliphatic carbocycles. The molecule has 0 radical (unpaired) electrons. The maximum Gasteiger partial charge on any atom is 0.298 e. The van der Waals surface area contributed by atoms with Crippen molar-refractivity contribution in [3.63, 3.8) is 0 Å². The van der Waals surface area contributed by atoms with Crippen LogP contribution in [0.5, 0.6) is 5.75 Å². The number of rotatable bonds is 4. The third-order valence-electron chi connectivity index (χ3n) is 1.83. The number of hydrogen-bond donors (Lipinski definition) is 0. The van der Waals surface area contributed by atoms with Crippen molar-refractivity contribution in [1.82, 2.24) is 0 Å². The van der Waals surface area contributed by atoms with E-state index in [4.69, 9.17) is 0 Å². The van der Waals surface area contributed by atoms with Crippen molar-refractivity contribution < 1.29 is 14.3 Å².